The molecule has 0 aromatic heterocycles. The summed E-state index contributed by atoms with van der Waals surface area (Å²) in [6, 6.07) is 4.77. The maximum absolute atomic E-state index is 13.5. The van der Waals surface area contributed by atoms with Crippen LogP contribution in [-0.2, 0) is 14.6 Å². The number of halogens is 4. The van der Waals surface area contributed by atoms with Crippen molar-refractivity contribution in [1.82, 2.24) is 5.32 Å². The molecule has 0 saturated heterocycles. The van der Waals surface area contributed by atoms with E-state index in [0.29, 0.717) is 25.0 Å². The number of hydrogen-bond acceptors (Lipinski definition) is 5. The van der Waals surface area contributed by atoms with Crippen LogP contribution in [0.5, 0.6) is 0 Å². The molecule has 202 valence electrons. The summed E-state index contributed by atoms with van der Waals surface area (Å²) < 4.78 is 67.3. The molecule has 38 heavy (non-hydrogen) atoms. The minimum absolute atomic E-state index is 0.0404. The number of fused-ring (bicyclic) bond motifs is 2. The summed E-state index contributed by atoms with van der Waals surface area (Å²) in [5, 5.41) is 15.1. The van der Waals surface area contributed by atoms with Gasteiger partial charge in [0.05, 0.1) is 26.7 Å². The van der Waals surface area contributed by atoms with Crippen LogP contribution in [0.1, 0.15) is 36.0 Å². The van der Waals surface area contributed by atoms with Crippen molar-refractivity contribution in [2.75, 3.05) is 11.9 Å². The van der Waals surface area contributed by atoms with Crippen molar-refractivity contribution in [3.63, 3.8) is 0 Å². The molecule has 0 heterocycles. The summed E-state index contributed by atoms with van der Waals surface area (Å²) in [5.74, 6) is -6.63. The molecular formula is C26H24ClF3N2O5S. The van der Waals surface area contributed by atoms with Gasteiger partial charge in [0.25, 0.3) is 5.91 Å². The quantitative estimate of drug-likeness (QED) is 0.345. The molecule has 2 bridgehead atoms. The van der Waals surface area contributed by atoms with Gasteiger partial charge in [0, 0.05) is 29.9 Å². The summed E-state index contributed by atoms with van der Waals surface area (Å²) in [6.45, 7) is 3.80. The number of aliphatic hydroxyl groups is 1. The summed E-state index contributed by atoms with van der Waals surface area (Å²) in [7, 11) is -4.03. The van der Waals surface area contributed by atoms with E-state index in [0.717, 1.165) is 11.6 Å². The Labute approximate surface area is 222 Å². The Bertz CT molecular complexity index is 1450. The van der Waals surface area contributed by atoms with Crippen LogP contribution in [0.15, 0.2) is 47.4 Å². The van der Waals surface area contributed by atoms with Gasteiger partial charge in [-0.15, -0.1) is 0 Å². The zero-order valence-electron chi connectivity index (χ0n) is 19.9. The first-order chi connectivity index (χ1) is 17.8. The predicted molar refractivity (Wildman–Crippen MR) is 133 cm³/mol. The van der Waals surface area contributed by atoms with Crippen LogP contribution in [0, 0.1) is 35.2 Å². The normalized spacial score (nSPS) is 27.9. The lowest BCUT2D eigenvalue weighted by Gasteiger charge is -2.58. The van der Waals surface area contributed by atoms with Crippen LogP contribution < -0.4 is 10.6 Å². The van der Waals surface area contributed by atoms with E-state index in [9.17, 15) is 36.3 Å². The van der Waals surface area contributed by atoms with Crippen molar-refractivity contribution < 1.29 is 36.3 Å². The van der Waals surface area contributed by atoms with Gasteiger partial charge in [-0.1, -0.05) is 23.8 Å². The molecule has 4 aliphatic rings. The molecule has 4 aliphatic carbocycles. The van der Waals surface area contributed by atoms with Crippen molar-refractivity contribution >= 4 is 38.9 Å². The highest BCUT2D eigenvalue weighted by Crippen LogP contribution is 2.55. The highest BCUT2D eigenvalue weighted by molar-refractivity contribution is 7.92. The van der Waals surface area contributed by atoms with Crippen molar-refractivity contribution in [2.24, 2.45) is 17.8 Å². The molecular weight excluding hydrogens is 545 g/mol. The van der Waals surface area contributed by atoms with Gasteiger partial charge < -0.3 is 15.7 Å². The van der Waals surface area contributed by atoms with Crippen LogP contribution >= 0.6 is 11.6 Å². The number of hydrogen-bond donors (Lipinski definition) is 3. The predicted octanol–water partition coefficient (Wildman–Crippen LogP) is 4.01. The lowest BCUT2D eigenvalue weighted by atomic mass is 9.53. The van der Waals surface area contributed by atoms with Crippen molar-refractivity contribution in [3.8, 4) is 0 Å². The Morgan fingerprint density at radius 1 is 1.08 bits per heavy atom. The molecule has 2 aromatic carbocycles. The number of benzene rings is 2. The number of anilines is 1. The van der Waals surface area contributed by atoms with Crippen LogP contribution in [0.25, 0.3) is 0 Å². The van der Waals surface area contributed by atoms with Crippen LogP contribution in [0.4, 0.5) is 18.9 Å². The number of carbonyl (C=O) groups excluding carboxylic acids is 2. The van der Waals surface area contributed by atoms with Gasteiger partial charge in [0.1, 0.15) is 0 Å². The fraction of sp³-hybridized carbons (Fsp3) is 0.385. The fourth-order valence-electron chi connectivity index (χ4n) is 5.50. The molecule has 2 aromatic rings. The van der Waals surface area contributed by atoms with Crippen LogP contribution in [-0.4, -0.2) is 42.7 Å². The second-order valence-electron chi connectivity index (χ2n) is 10.2. The van der Waals surface area contributed by atoms with E-state index in [1.165, 1.54) is 12.1 Å². The van der Waals surface area contributed by atoms with E-state index >= 15 is 0 Å². The standard InChI is InChI=1S/C26H24ClF3N2O5S/c1-12-4-18(12)25(34)31-11-26(35)14-6-15(26)8-17(7-14)38(36,37)22-5-13(2-3-19(22)27)24(33)32-16-9-20(28)23(30)21(29)10-16/h2-3,5,9-10,14-15,17-18,35H,1,4,6-8,11H2,(H,31,34)(H,32,33). The first kappa shape index (κ1) is 26.7. The lowest BCUT2D eigenvalue weighted by molar-refractivity contribution is -0.174. The summed E-state index contributed by atoms with van der Waals surface area (Å²) in [6.07, 6.45) is 1.58. The Hall–Kier alpha value is -2.89. The number of amides is 2. The zero-order chi connectivity index (χ0) is 27.6. The first-order valence-corrected chi connectivity index (χ1v) is 13.9. The van der Waals surface area contributed by atoms with Crippen molar-refractivity contribution in [2.45, 2.75) is 41.4 Å². The lowest BCUT2D eigenvalue weighted by Crippen LogP contribution is -2.66. The Morgan fingerprint density at radius 2 is 1.68 bits per heavy atom. The molecule has 2 amide bonds. The molecule has 7 nitrogen and oxygen atoms in total. The fourth-order valence-corrected chi connectivity index (χ4v) is 7.91. The topological polar surface area (TPSA) is 113 Å². The molecule has 3 unspecified atom stereocenters. The van der Waals surface area contributed by atoms with E-state index in [2.05, 4.69) is 17.2 Å². The number of sulfone groups is 1. The minimum atomic E-state index is -4.03. The maximum Gasteiger partial charge on any atom is 0.255 e. The monoisotopic (exact) mass is 568 g/mol. The van der Waals surface area contributed by atoms with Crippen molar-refractivity contribution in [1.29, 1.82) is 0 Å². The first-order valence-electron chi connectivity index (χ1n) is 12.0. The van der Waals surface area contributed by atoms with Gasteiger partial charge in [-0.25, -0.2) is 21.6 Å². The molecule has 3 N–H and O–H groups in total. The van der Waals surface area contributed by atoms with Crippen LogP contribution in [0.3, 0.4) is 0 Å². The number of carbonyl (C=O) groups is 2. The largest absolute Gasteiger partial charge is 0.387 e. The van der Waals surface area contributed by atoms with Gasteiger partial charge in [-0.05, 0) is 55.7 Å². The van der Waals surface area contributed by atoms with E-state index in [4.69, 9.17) is 11.6 Å². The Balaban J connectivity index is 1.30. The Kier molecular flexibility index (Phi) is 6.60. The average Bonchev–Trinajstić information content (AvgIpc) is 3.62. The van der Waals surface area contributed by atoms with E-state index in [1.807, 2.05) is 0 Å². The molecule has 0 aliphatic heterocycles. The molecule has 0 spiro atoms. The van der Waals surface area contributed by atoms with Gasteiger partial charge >= 0.3 is 0 Å². The molecule has 4 saturated carbocycles. The summed E-state index contributed by atoms with van der Waals surface area (Å²) >= 11 is 6.20. The number of nitrogens with one attached hydrogen (secondary N) is 2. The molecule has 4 fully saturated rings. The summed E-state index contributed by atoms with van der Waals surface area (Å²) in [5.41, 5.74) is -0.835. The third kappa shape index (κ3) is 4.60. The van der Waals surface area contributed by atoms with Crippen LogP contribution in [0.2, 0.25) is 5.02 Å². The summed E-state index contributed by atoms with van der Waals surface area (Å²) in [4.78, 5) is 24.5. The second-order valence-corrected chi connectivity index (χ2v) is 12.8. The average molecular weight is 569 g/mol. The maximum atomic E-state index is 13.5. The smallest absolute Gasteiger partial charge is 0.255 e. The molecule has 6 rings (SSSR count). The van der Waals surface area contributed by atoms with Gasteiger partial charge in [-0.3, -0.25) is 9.59 Å². The molecule has 3 atom stereocenters. The second kappa shape index (κ2) is 9.39. The Morgan fingerprint density at radius 3 is 2.26 bits per heavy atom. The molecule has 0 radical (unpaired) electrons. The minimum Gasteiger partial charge on any atom is -0.387 e. The third-order valence-electron chi connectivity index (χ3n) is 7.92. The SMILES string of the molecule is C=C1CC1C(=O)NCC1(O)C2CC1CC(S(=O)(=O)c1cc(C(=O)Nc3cc(F)c(F)c(F)c3)ccc1Cl)C2. The molecule has 12 heteroatoms. The van der Waals surface area contributed by atoms with E-state index in [1.54, 1.807) is 0 Å². The van der Waals surface area contributed by atoms with Gasteiger partial charge in [-0.2, -0.15) is 0 Å². The highest BCUT2D eigenvalue weighted by atomic mass is 35.5. The van der Waals surface area contributed by atoms with E-state index in [-0.39, 0.29) is 64.2 Å². The number of rotatable bonds is 7. The van der Waals surface area contributed by atoms with Gasteiger partial charge in [0.2, 0.25) is 5.91 Å². The zero-order valence-corrected chi connectivity index (χ0v) is 21.5. The van der Waals surface area contributed by atoms with Gasteiger partial charge in [0.15, 0.2) is 27.3 Å². The third-order valence-corrected chi connectivity index (χ3v) is 10.6. The highest BCUT2D eigenvalue weighted by Gasteiger charge is 2.60. The van der Waals surface area contributed by atoms with E-state index < -0.39 is 44.0 Å². The van der Waals surface area contributed by atoms with Crippen molar-refractivity contribution in [3.05, 3.63) is 70.5 Å².